The molecule has 18 heavy (non-hydrogen) atoms. The maximum atomic E-state index is 3.43. The molecule has 4 unspecified atom stereocenters. The lowest BCUT2D eigenvalue weighted by Crippen LogP contribution is -2.47. The normalized spacial score (nSPS) is 36.6. The van der Waals surface area contributed by atoms with E-state index in [1.165, 1.54) is 31.4 Å². The molecule has 2 nitrogen and oxygen atoms in total. The van der Waals surface area contributed by atoms with Crippen molar-refractivity contribution in [3.63, 3.8) is 0 Å². The number of benzene rings is 1. The first-order chi connectivity index (χ1) is 8.79. The van der Waals surface area contributed by atoms with Crippen LogP contribution in [-0.2, 0) is 0 Å². The summed E-state index contributed by atoms with van der Waals surface area (Å²) in [5.74, 6) is 0.791. The first-order valence-corrected chi connectivity index (χ1v) is 7.27. The van der Waals surface area contributed by atoms with Gasteiger partial charge in [0.05, 0.1) is 0 Å². The maximum Gasteiger partial charge on any atom is 0.0174 e. The fourth-order valence-electron chi connectivity index (χ4n) is 3.55. The molecule has 0 aromatic heterocycles. The van der Waals surface area contributed by atoms with Gasteiger partial charge in [-0.15, -0.1) is 0 Å². The second-order valence-electron chi connectivity index (χ2n) is 5.92. The second kappa shape index (κ2) is 5.02. The zero-order valence-electron chi connectivity index (χ0n) is 11.5. The van der Waals surface area contributed by atoms with E-state index in [4.69, 9.17) is 0 Å². The van der Waals surface area contributed by atoms with Crippen molar-refractivity contribution in [2.45, 2.75) is 50.2 Å². The molecule has 1 N–H and O–H groups in total. The highest BCUT2D eigenvalue weighted by Gasteiger charge is 2.45. The minimum absolute atomic E-state index is 0.727. The van der Waals surface area contributed by atoms with E-state index in [1.54, 1.807) is 0 Å². The Bertz CT molecular complexity index is 389. The van der Waals surface area contributed by atoms with Gasteiger partial charge in [-0.25, -0.2) is 0 Å². The van der Waals surface area contributed by atoms with E-state index in [0.29, 0.717) is 0 Å². The molecule has 2 aliphatic rings. The molecular formula is C16H24N2. The number of hydrogen-bond acceptors (Lipinski definition) is 2. The molecule has 1 aromatic rings. The molecule has 1 aromatic carbocycles. The van der Waals surface area contributed by atoms with Crippen LogP contribution in [-0.4, -0.2) is 36.6 Å². The molecule has 0 spiro atoms. The van der Waals surface area contributed by atoms with Crippen LogP contribution in [0.3, 0.4) is 0 Å². The fourth-order valence-corrected chi connectivity index (χ4v) is 3.55. The number of nitrogens with one attached hydrogen (secondary N) is 1. The van der Waals surface area contributed by atoms with Gasteiger partial charge in [0.25, 0.3) is 0 Å². The molecule has 2 heteroatoms. The maximum absolute atomic E-state index is 3.43. The minimum Gasteiger partial charge on any atom is -0.317 e. The van der Waals surface area contributed by atoms with Crippen molar-refractivity contribution in [3.05, 3.63) is 35.9 Å². The molecular weight excluding hydrogens is 220 g/mol. The van der Waals surface area contributed by atoms with Crippen LogP contribution in [0.5, 0.6) is 0 Å². The molecule has 1 aliphatic heterocycles. The van der Waals surface area contributed by atoms with Gasteiger partial charge in [0.1, 0.15) is 0 Å². The van der Waals surface area contributed by atoms with Gasteiger partial charge in [-0.3, -0.25) is 4.90 Å². The van der Waals surface area contributed by atoms with Crippen LogP contribution in [0.2, 0.25) is 0 Å². The average molecular weight is 244 g/mol. The quantitative estimate of drug-likeness (QED) is 0.879. The number of piperidine rings is 1. The molecule has 98 valence electrons. The molecule has 0 amide bonds. The Morgan fingerprint density at radius 2 is 1.94 bits per heavy atom. The van der Waals surface area contributed by atoms with Gasteiger partial charge in [0.15, 0.2) is 0 Å². The van der Waals surface area contributed by atoms with Crippen LogP contribution >= 0.6 is 0 Å². The zero-order valence-corrected chi connectivity index (χ0v) is 11.5. The van der Waals surface area contributed by atoms with Crippen LogP contribution < -0.4 is 5.32 Å². The summed E-state index contributed by atoms with van der Waals surface area (Å²) in [6.07, 6.45) is 3.96. The molecule has 1 aliphatic carbocycles. The summed E-state index contributed by atoms with van der Waals surface area (Å²) in [4.78, 5) is 2.74. The van der Waals surface area contributed by atoms with Gasteiger partial charge >= 0.3 is 0 Å². The SMILES string of the molecule is CNC1CCN(C2CC2c2ccccc2)C(C)C1. The standard InChI is InChI=1S/C16H24N2/c1-12-10-14(17-2)8-9-18(12)16-11-15(16)13-6-4-3-5-7-13/h3-7,12,14-17H,8-11H2,1-2H3. The third kappa shape index (κ3) is 2.32. The lowest BCUT2D eigenvalue weighted by atomic mass is 9.98. The van der Waals surface area contributed by atoms with Crippen molar-refractivity contribution in [1.29, 1.82) is 0 Å². The summed E-state index contributed by atoms with van der Waals surface area (Å²) < 4.78 is 0. The average Bonchev–Trinajstić information content (AvgIpc) is 3.20. The highest BCUT2D eigenvalue weighted by Crippen LogP contribution is 2.46. The molecule has 4 atom stereocenters. The van der Waals surface area contributed by atoms with Crippen molar-refractivity contribution in [2.24, 2.45) is 0 Å². The van der Waals surface area contributed by atoms with Crippen LogP contribution in [0, 0.1) is 0 Å². The molecule has 3 rings (SSSR count). The fraction of sp³-hybridized carbons (Fsp3) is 0.625. The van der Waals surface area contributed by atoms with Gasteiger partial charge in [-0.2, -0.15) is 0 Å². The summed E-state index contributed by atoms with van der Waals surface area (Å²) in [6.45, 7) is 3.66. The van der Waals surface area contributed by atoms with Crippen molar-refractivity contribution in [3.8, 4) is 0 Å². The summed E-state index contributed by atoms with van der Waals surface area (Å²) in [7, 11) is 2.09. The van der Waals surface area contributed by atoms with E-state index in [9.17, 15) is 0 Å². The van der Waals surface area contributed by atoms with Crippen LogP contribution in [0.25, 0.3) is 0 Å². The number of likely N-dealkylation sites (tertiary alicyclic amines) is 1. The first-order valence-electron chi connectivity index (χ1n) is 7.27. The number of rotatable bonds is 3. The Morgan fingerprint density at radius 3 is 2.61 bits per heavy atom. The van der Waals surface area contributed by atoms with Crippen molar-refractivity contribution in [2.75, 3.05) is 13.6 Å². The zero-order chi connectivity index (χ0) is 12.5. The van der Waals surface area contributed by atoms with E-state index in [-0.39, 0.29) is 0 Å². The van der Waals surface area contributed by atoms with E-state index in [2.05, 4.69) is 54.5 Å². The Kier molecular flexibility index (Phi) is 3.40. The summed E-state index contributed by atoms with van der Waals surface area (Å²) in [5.41, 5.74) is 1.53. The summed E-state index contributed by atoms with van der Waals surface area (Å²) >= 11 is 0. The molecule has 1 heterocycles. The van der Waals surface area contributed by atoms with Crippen LogP contribution in [0.15, 0.2) is 30.3 Å². The van der Waals surface area contributed by atoms with E-state index >= 15 is 0 Å². The Hall–Kier alpha value is -0.860. The van der Waals surface area contributed by atoms with Gasteiger partial charge < -0.3 is 5.32 Å². The van der Waals surface area contributed by atoms with E-state index < -0.39 is 0 Å². The van der Waals surface area contributed by atoms with Gasteiger partial charge in [0, 0.05) is 30.6 Å². The molecule has 0 bridgehead atoms. The van der Waals surface area contributed by atoms with Crippen LogP contribution in [0.1, 0.15) is 37.7 Å². The topological polar surface area (TPSA) is 15.3 Å². The van der Waals surface area contributed by atoms with Gasteiger partial charge in [-0.1, -0.05) is 30.3 Å². The molecule has 1 saturated heterocycles. The predicted molar refractivity (Wildman–Crippen MR) is 75.8 cm³/mol. The predicted octanol–water partition coefficient (Wildman–Crippen LogP) is 2.61. The lowest BCUT2D eigenvalue weighted by Gasteiger charge is -2.38. The van der Waals surface area contributed by atoms with E-state index in [0.717, 1.165) is 24.0 Å². The lowest BCUT2D eigenvalue weighted by molar-refractivity contribution is 0.128. The first kappa shape index (κ1) is 12.2. The summed E-state index contributed by atoms with van der Waals surface area (Å²) in [5, 5.41) is 3.43. The Morgan fingerprint density at radius 1 is 1.17 bits per heavy atom. The van der Waals surface area contributed by atoms with Crippen molar-refractivity contribution < 1.29 is 0 Å². The highest BCUT2D eigenvalue weighted by molar-refractivity contribution is 5.28. The molecule has 1 saturated carbocycles. The Labute approximate surface area is 110 Å². The third-order valence-corrected chi connectivity index (χ3v) is 4.75. The highest BCUT2D eigenvalue weighted by atomic mass is 15.2. The smallest absolute Gasteiger partial charge is 0.0174 e. The van der Waals surface area contributed by atoms with Crippen molar-refractivity contribution >= 4 is 0 Å². The van der Waals surface area contributed by atoms with Gasteiger partial charge in [0.2, 0.25) is 0 Å². The molecule has 2 fully saturated rings. The monoisotopic (exact) mass is 244 g/mol. The molecule has 0 radical (unpaired) electrons. The number of hydrogen-bond donors (Lipinski definition) is 1. The van der Waals surface area contributed by atoms with Crippen LogP contribution in [0.4, 0.5) is 0 Å². The van der Waals surface area contributed by atoms with Crippen molar-refractivity contribution in [1.82, 2.24) is 10.2 Å². The minimum atomic E-state index is 0.727. The second-order valence-corrected chi connectivity index (χ2v) is 5.92. The largest absolute Gasteiger partial charge is 0.317 e. The Balaban J connectivity index is 1.61. The number of nitrogens with zero attached hydrogens (tertiary/aromatic N) is 1. The van der Waals surface area contributed by atoms with E-state index in [1.807, 2.05) is 0 Å². The summed E-state index contributed by atoms with van der Waals surface area (Å²) in [6, 6.07) is 13.3. The third-order valence-electron chi connectivity index (χ3n) is 4.75. The van der Waals surface area contributed by atoms with Gasteiger partial charge in [-0.05, 0) is 38.8 Å².